The smallest absolute Gasteiger partial charge is 0.260 e. The van der Waals surface area contributed by atoms with Gasteiger partial charge in [-0.2, -0.15) is 5.10 Å². The largest absolute Gasteiger partial charge is 0.378 e. The fraction of sp³-hybridized carbons (Fsp3) is 0.211. The Labute approximate surface area is 146 Å². The summed E-state index contributed by atoms with van der Waals surface area (Å²) in [5.41, 5.74) is 6.44. The first-order chi connectivity index (χ1) is 12.0. The van der Waals surface area contributed by atoms with Gasteiger partial charge in [0.1, 0.15) is 12.4 Å². The molecule has 0 saturated heterocycles. The van der Waals surface area contributed by atoms with Crippen LogP contribution in [-0.4, -0.2) is 35.8 Å². The van der Waals surface area contributed by atoms with Crippen LogP contribution in [0.25, 0.3) is 11.0 Å². The minimum atomic E-state index is -0.188. The molecule has 6 heteroatoms. The van der Waals surface area contributed by atoms with E-state index in [4.69, 9.17) is 0 Å². The Balaban J connectivity index is 1.63. The van der Waals surface area contributed by atoms with Gasteiger partial charge in [0, 0.05) is 19.8 Å². The van der Waals surface area contributed by atoms with E-state index in [2.05, 4.69) is 15.5 Å². The molecule has 1 aromatic heterocycles. The van der Waals surface area contributed by atoms with Crippen LogP contribution in [0.5, 0.6) is 0 Å². The molecule has 0 spiro atoms. The number of fused-ring (bicyclic) bond motifs is 1. The summed E-state index contributed by atoms with van der Waals surface area (Å²) >= 11 is 0. The minimum absolute atomic E-state index is 0.184. The number of benzene rings is 2. The van der Waals surface area contributed by atoms with Crippen LogP contribution in [0.4, 0.5) is 5.69 Å². The topological polar surface area (TPSA) is 62.5 Å². The van der Waals surface area contributed by atoms with Crippen LogP contribution in [0.1, 0.15) is 11.4 Å². The summed E-state index contributed by atoms with van der Waals surface area (Å²) in [6.07, 6.45) is 1.64. The molecular weight excluding hydrogens is 314 g/mol. The molecule has 2 aromatic carbocycles. The molecule has 0 aliphatic rings. The van der Waals surface area contributed by atoms with E-state index < -0.39 is 0 Å². The van der Waals surface area contributed by atoms with Gasteiger partial charge in [0.05, 0.1) is 17.2 Å². The molecule has 128 valence electrons. The monoisotopic (exact) mass is 335 g/mol. The van der Waals surface area contributed by atoms with Gasteiger partial charge in [-0.25, -0.2) is 10.4 Å². The number of nitrogens with zero attached hydrogens (tertiary/aromatic N) is 4. The zero-order valence-corrected chi connectivity index (χ0v) is 14.6. The molecule has 1 heterocycles. The van der Waals surface area contributed by atoms with E-state index >= 15 is 0 Å². The number of aromatic nitrogens is 2. The van der Waals surface area contributed by atoms with Gasteiger partial charge in [0.15, 0.2) is 0 Å². The van der Waals surface area contributed by atoms with Crippen molar-refractivity contribution in [2.45, 2.75) is 13.5 Å². The number of imidazole rings is 1. The Morgan fingerprint density at radius 2 is 1.92 bits per heavy atom. The van der Waals surface area contributed by atoms with Gasteiger partial charge in [-0.05, 0) is 36.8 Å². The maximum Gasteiger partial charge on any atom is 0.260 e. The predicted molar refractivity (Wildman–Crippen MR) is 101 cm³/mol. The molecule has 0 radical (unpaired) electrons. The summed E-state index contributed by atoms with van der Waals surface area (Å²) in [7, 11) is 3.98. The number of nitrogens with one attached hydrogen (secondary N) is 1. The van der Waals surface area contributed by atoms with E-state index in [9.17, 15) is 4.79 Å². The maximum absolute atomic E-state index is 12.2. The Morgan fingerprint density at radius 1 is 1.20 bits per heavy atom. The summed E-state index contributed by atoms with van der Waals surface area (Å²) in [6.45, 7) is 2.08. The molecule has 3 aromatic rings. The predicted octanol–water partition coefficient (Wildman–Crippen LogP) is 2.56. The van der Waals surface area contributed by atoms with Crippen molar-refractivity contribution in [1.29, 1.82) is 0 Å². The first-order valence-electron chi connectivity index (χ1n) is 8.06. The summed E-state index contributed by atoms with van der Waals surface area (Å²) in [6, 6.07) is 15.7. The van der Waals surface area contributed by atoms with Crippen LogP contribution >= 0.6 is 0 Å². The van der Waals surface area contributed by atoms with E-state index in [1.165, 1.54) is 0 Å². The molecule has 6 nitrogen and oxygen atoms in total. The number of carbonyl (C=O) groups excluding carboxylic acids is 1. The van der Waals surface area contributed by atoms with Crippen molar-refractivity contribution in [2.24, 2.45) is 5.10 Å². The van der Waals surface area contributed by atoms with Crippen molar-refractivity contribution in [3.05, 3.63) is 59.9 Å². The number of aryl methyl sites for hydroxylation is 1. The lowest BCUT2D eigenvalue weighted by molar-refractivity contribution is -0.121. The zero-order valence-electron chi connectivity index (χ0n) is 14.6. The van der Waals surface area contributed by atoms with Crippen LogP contribution in [0.15, 0.2) is 53.6 Å². The first-order valence-corrected chi connectivity index (χ1v) is 8.06. The first kappa shape index (κ1) is 16.7. The van der Waals surface area contributed by atoms with Crippen LogP contribution in [0.2, 0.25) is 0 Å². The van der Waals surface area contributed by atoms with Gasteiger partial charge in [0.25, 0.3) is 5.91 Å². The molecule has 0 aliphatic carbocycles. The molecule has 1 amide bonds. The van der Waals surface area contributed by atoms with E-state index in [0.29, 0.717) is 0 Å². The van der Waals surface area contributed by atoms with Gasteiger partial charge in [-0.1, -0.05) is 24.3 Å². The number of para-hydroxylation sites is 2. The number of hydrogen-bond acceptors (Lipinski definition) is 4. The molecule has 0 bridgehead atoms. The molecule has 1 N–H and O–H groups in total. The lowest BCUT2D eigenvalue weighted by atomic mass is 10.2. The lowest BCUT2D eigenvalue weighted by Crippen LogP contribution is -2.23. The van der Waals surface area contributed by atoms with Gasteiger partial charge in [-0.3, -0.25) is 4.79 Å². The number of hydrogen-bond donors (Lipinski definition) is 1. The Kier molecular flexibility index (Phi) is 4.79. The summed E-state index contributed by atoms with van der Waals surface area (Å²) in [5.74, 6) is 0.618. The molecule has 0 aliphatic heterocycles. The van der Waals surface area contributed by atoms with E-state index in [-0.39, 0.29) is 12.5 Å². The van der Waals surface area contributed by atoms with E-state index in [1.54, 1.807) is 6.21 Å². The number of carbonyl (C=O) groups is 1. The summed E-state index contributed by atoms with van der Waals surface area (Å²) in [4.78, 5) is 18.6. The second kappa shape index (κ2) is 7.17. The fourth-order valence-corrected chi connectivity index (χ4v) is 2.61. The Morgan fingerprint density at radius 3 is 2.64 bits per heavy atom. The van der Waals surface area contributed by atoms with Crippen molar-refractivity contribution in [3.63, 3.8) is 0 Å². The second-order valence-electron chi connectivity index (χ2n) is 6.01. The highest BCUT2D eigenvalue weighted by molar-refractivity contribution is 5.84. The summed E-state index contributed by atoms with van der Waals surface area (Å²) < 4.78 is 1.88. The third-order valence-corrected chi connectivity index (χ3v) is 3.96. The van der Waals surface area contributed by atoms with Gasteiger partial charge < -0.3 is 9.47 Å². The Bertz CT molecular complexity index is 909. The average Bonchev–Trinajstić information content (AvgIpc) is 2.91. The van der Waals surface area contributed by atoms with Crippen LogP contribution < -0.4 is 10.3 Å². The highest BCUT2D eigenvalue weighted by Gasteiger charge is 2.09. The van der Waals surface area contributed by atoms with Crippen LogP contribution in [-0.2, 0) is 11.3 Å². The van der Waals surface area contributed by atoms with Crippen molar-refractivity contribution in [2.75, 3.05) is 19.0 Å². The molecule has 3 rings (SSSR count). The van der Waals surface area contributed by atoms with Gasteiger partial charge in [-0.15, -0.1) is 0 Å². The third kappa shape index (κ3) is 3.85. The summed E-state index contributed by atoms with van der Waals surface area (Å²) in [5, 5.41) is 4.03. The van der Waals surface area contributed by atoms with Crippen LogP contribution in [0, 0.1) is 6.92 Å². The van der Waals surface area contributed by atoms with Gasteiger partial charge >= 0.3 is 0 Å². The van der Waals surface area contributed by atoms with E-state index in [1.807, 2.05) is 79.0 Å². The SMILES string of the molecule is Cc1nc2ccccc2n1CC(=O)N/N=C/c1ccc(N(C)C)cc1. The lowest BCUT2D eigenvalue weighted by Gasteiger charge is -2.11. The number of amides is 1. The molecular formula is C19H21N5O. The van der Waals surface area contributed by atoms with Gasteiger partial charge in [0.2, 0.25) is 0 Å². The zero-order chi connectivity index (χ0) is 17.8. The van der Waals surface area contributed by atoms with Crippen molar-refractivity contribution < 1.29 is 4.79 Å². The van der Waals surface area contributed by atoms with E-state index in [0.717, 1.165) is 28.1 Å². The molecule has 0 fully saturated rings. The number of anilines is 1. The number of hydrazone groups is 1. The Hall–Kier alpha value is -3.15. The standard InChI is InChI=1S/C19H21N5O/c1-14-21-17-6-4-5-7-18(17)24(14)13-19(25)22-20-12-15-8-10-16(11-9-15)23(2)3/h4-12H,13H2,1-3H3,(H,22,25)/b20-12+. The van der Waals surface area contributed by atoms with Crippen LogP contribution in [0.3, 0.4) is 0 Å². The fourth-order valence-electron chi connectivity index (χ4n) is 2.61. The normalized spacial score (nSPS) is 11.2. The van der Waals surface area contributed by atoms with Crippen molar-refractivity contribution in [1.82, 2.24) is 15.0 Å². The highest BCUT2D eigenvalue weighted by atomic mass is 16.2. The minimum Gasteiger partial charge on any atom is -0.378 e. The molecule has 0 atom stereocenters. The third-order valence-electron chi connectivity index (χ3n) is 3.96. The number of rotatable bonds is 5. The highest BCUT2D eigenvalue weighted by Crippen LogP contribution is 2.15. The van der Waals surface area contributed by atoms with Crippen molar-refractivity contribution >= 4 is 28.8 Å². The average molecular weight is 335 g/mol. The second-order valence-corrected chi connectivity index (χ2v) is 6.01. The molecule has 25 heavy (non-hydrogen) atoms. The van der Waals surface area contributed by atoms with Crippen molar-refractivity contribution in [3.8, 4) is 0 Å². The molecule has 0 unspecified atom stereocenters. The maximum atomic E-state index is 12.2. The quantitative estimate of drug-likeness (QED) is 0.576. The molecule has 0 saturated carbocycles.